The van der Waals surface area contributed by atoms with Crippen molar-refractivity contribution in [3.63, 3.8) is 0 Å². The highest BCUT2D eigenvalue weighted by Gasteiger charge is 2.09. The summed E-state index contributed by atoms with van der Waals surface area (Å²) in [6.45, 7) is 5.43. The Hall–Kier alpha value is -0.840. The number of hydrogen-bond acceptors (Lipinski definition) is 4. The minimum absolute atomic E-state index is 0.171. The third-order valence-corrected chi connectivity index (χ3v) is 2.57. The van der Waals surface area contributed by atoms with Gasteiger partial charge in [0.15, 0.2) is 0 Å². The highest BCUT2D eigenvalue weighted by molar-refractivity contribution is 5.19. The fourth-order valence-electron chi connectivity index (χ4n) is 1.71. The van der Waals surface area contributed by atoms with Crippen LogP contribution in [0.1, 0.15) is 23.5 Å². The number of hydrogen-bond donors (Lipinski definition) is 2. The maximum Gasteiger partial charge on any atom is 0.105 e. The smallest absolute Gasteiger partial charge is 0.105 e. The third kappa shape index (κ3) is 3.96. The molecule has 2 N–H and O–H groups in total. The Kier molecular flexibility index (Phi) is 5.52. The highest BCUT2D eigenvalue weighted by atomic mass is 16.5. The quantitative estimate of drug-likeness (QED) is 0.739. The zero-order valence-corrected chi connectivity index (χ0v) is 10.2. The summed E-state index contributed by atoms with van der Waals surface area (Å²) in [6.07, 6.45) is 0.698. The average molecular weight is 227 g/mol. The van der Waals surface area contributed by atoms with Crippen LogP contribution in [0.5, 0.6) is 0 Å². The van der Waals surface area contributed by atoms with E-state index in [-0.39, 0.29) is 12.6 Å². The molecule has 16 heavy (non-hydrogen) atoms. The standard InChI is InChI=1S/C12H21NO3/c1-9-6-11(10(2)16-9)7-13-12(4-5-14)8-15-3/h6,12-14H,4-5,7-8H2,1-3H3. The van der Waals surface area contributed by atoms with Crippen molar-refractivity contribution in [1.82, 2.24) is 5.32 Å². The van der Waals surface area contributed by atoms with E-state index in [1.165, 1.54) is 0 Å². The van der Waals surface area contributed by atoms with E-state index in [1.54, 1.807) is 7.11 Å². The molecule has 1 rings (SSSR count). The van der Waals surface area contributed by atoms with Crippen LogP contribution in [0.2, 0.25) is 0 Å². The lowest BCUT2D eigenvalue weighted by atomic mass is 10.2. The second-order valence-electron chi connectivity index (χ2n) is 3.98. The van der Waals surface area contributed by atoms with Crippen molar-refractivity contribution < 1.29 is 14.3 Å². The largest absolute Gasteiger partial charge is 0.466 e. The summed E-state index contributed by atoms with van der Waals surface area (Å²) in [5, 5.41) is 12.3. The van der Waals surface area contributed by atoms with Crippen LogP contribution >= 0.6 is 0 Å². The molecule has 0 aliphatic rings. The molecular formula is C12H21NO3. The second-order valence-corrected chi connectivity index (χ2v) is 3.98. The van der Waals surface area contributed by atoms with Gasteiger partial charge in [-0.3, -0.25) is 0 Å². The number of rotatable bonds is 7. The summed E-state index contributed by atoms with van der Waals surface area (Å²) < 4.78 is 10.5. The molecule has 0 aliphatic carbocycles. The van der Waals surface area contributed by atoms with Crippen LogP contribution < -0.4 is 5.32 Å². The second kappa shape index (κ2) is 6.68. The zero-order valence-electron chi connectivity index (χ0n) is 10.2. The van der Waals surface area contributed by atoms with E-state index < -0.39 is 0 Å². The Labute approximate surface area is 96.6 Å². The van der Waals surface area contributed by atoms with Gasteiger partial charge in [-0.05, 0) is 26.3 Å². The fourth-order valence-corrected chi connectivity index (χ4v) is 1.71. The Morgan fingerprint density at radius 1 is 1.50 bits per heavy atom. The minimum Gasteiger partial charge on any atom is -0.466 e. The molecule has 0 saturated heterocycles. The van der Waals surface area contributed by atoms with Gasteiger partial charge in [0.2, 0.25) is 0 Å². The lowest BCUT2D eigenvalue weighted by Crippen LogP contribution is -2.33. The minimum atomic E-state index is 0.171. The van der Waals surface area contributed by atoms with Crippen molar-refractivity contribution in [3.8, 4) is 0 Å². The molecule has 0 amide bonds. The number of aryl methyl sites for hydroxylation is 2. The van der Waals surface area contributed by atoms with E-state index in [0.717, 1.165) is 23.6 Å². The number of methoxy groups -OCH3 is 1. The van der Waals surface area contributed by atoms with Crippen LogP contribution in [0.3, 0.4) is 0 Å². The molecule has 0 fully saturated rings. The van der Waals surface area contributed by atoms with Crippen LogP contribution in [0, 0.1) is 13.8 Å². The first-order valence-corrected chi connectivity index (χ1v) is 5.56. The molecule has 0 spiro atoms. The summed E-state index contributed by atoms with van der Waals surface area (Å²) in [7, 11) is 1.67. The molecule has 0 aliphatic heterocycles. The summed E-state index contributed by atoms with van der Waals surface area (Å²) >= 11 is 0. The maximum absolute atomic E-state index is 8.91. The van der Waals surface area contributed by atoms with Crippen LogP contribution in [-0.4, -0.2) is 31.5 Å². The van der Waals surface area contributed by atoms with Gasteiger partial charge >= 0.3 is 0 Å². The van der Waals surface area contributed by atoms with Gasteiger partial charge < -0.3 is 19.6 Å². The van der Waals surface area contributed by atoms with Crippen molar-refractivity contribution in [1.29, 1.82) is 0 Å². The monoisotopic (exact) mass is 227 g/mol. The topological polar surface area (TPSA) is 54.6 Å². The number of nitrogens with one attached hydrogen (secondary N) is 1. The molecule has 92 valence electrons. The molecule has 1 unspecified atom stereocenters. The summed E-state index contributed by atoms with van der Waals surface area (Å²) in [5.74, 6) is 1.88. The van der Waals surface area contributed by atoms with Gasteiger partial charge in [0.1, 0.15) is 11.5 Å². The SMILES string of the molecule is COCC(CCO)NCc1cc(C)oc1C. The molecule has 1 heterocycles. The lowest BCUT2D eigenvalue weighted by Gasteiger charge is -2.16. The fraction of sp³-hybridized carbons (Fsp3) is 0.667. The van der Waals surface area contributed by atoms with Gasteiger partial charge in [0.25, 0.3) is 0 Å². The van der Waals surface area contributed by atoms with Crippen molar-refractivity contribution in [2.75, 3.05) is 20.3 Å². The number of aliphatic hydroxyl groups excluding tert-OH is 1. The van der Waals surface area contributed by atoms with Gasteiger partial charge in [-0.15, -0.1) is 0 Å². The van der Waals surface area contributed by atoms with Crippen molar-refractivity contribution in [2.24, 2.45) is 0 Å². The van der Waals surface area contributed by atoms with Gasteiger partial charge in [0.05, 0.1) is 6.61 Å². The van der Waals surface area contributed by atoms with E-state index in [4.69, 9.17) is 14.3 Å². The van der Waals surface area contributed by atoms with Gasteiger partial charge in [-0.25, -0.2) is 0 Å². The third-order valence-electron chi connectivity index (χ3n) is 2.57. The summed E-state index contributed by atoms with van der Waals surface area (Å²) in [4.78, 5) is 0. The molecule has 0 aromatic carbocycles. The molecule has 4 heteroatoms. The molecule has 1 aromatic rings. The molecule has 0 radical (unpaired) electrons. The molecule has 0 bridgehead atoms. The predicted octanol–water partition coefficient (Wildman–Crippen LogP) is 1.38. The lowest BCUT2D eigenvalue weighted by molar-refractivity contribution is 0.148. The first-order chi connectivity index (χ1) is 7.67. The van der Waals surface area contributed by atoms with E-state index >= 15 is 0 Å². The van der Waals surface area contributed by atoms with E-state index in [0.29, 0.717) is 13.0 Å². The Morgan fingerprint density at radius 2 is 2.25 bits per heavy atom. The van der Waals surface area contributed by atoms with E-state index in [1.807, 2.05) is 19.9 Å². The normalized spacial score (nSPS) is 13.0. The van der Waals surface area contributed by atoms with E-state index in [9.17, 15) is 0 Å². The van der Waals surface area contributed by atoms with Crippen LogP contribution in [-0.2, 0) is 11.3 Å². The Balaban J connectivity index is 2.44. The van der Waals surface area contributed by atoms with Gasteiger partial charge in [-0.1, -0.05) is 0 Å². The first kappa shape index (κ1) is 13.2. The maximum atomic E-state index is 8.91. The molecular weight excluding hydrogens is 206 g/mol. The molecule has 1 aromatic heterocycles. The van der Waals surface area contributed by atoms with Crippen LogP contribution in [0.25, 0.3) is 0 Å². The van der Waals surface area contributed by atoms with Gasteiger partial charge in [0, 0.05) is 31.9 Å². The highest BCUT2D eigenvalue weighted by Crippen LogP contribution is 2.13. The molecule has 4 nitrogen and oxygen atoms in total. The molecule has 0 saturated carbocycles. The van der Waals surface area contributed by atoms with Gasteiger partial charge in [-0.2, -0.15) is 0 Å². The van der Waals surface area contributed by atoms with Crippen LogP contribution in [0.4, 0.5) is 0 Å². The number of aliphatic hydroxyl groups is 1. The molecule has 1 atom stereocenters. The average Bonchev–Trinajstić information content (AvgIpc) is 2.54. The van der Waals surface area contributed by atoms with E-state index in [2.05, 4.69) is 5.32 Å². The summed E-state index contributed by atoms with van der Waals surface area (Å²) in [6, 6.07) is 2.22. The number of ether oxygens (including phenoxy) is 1. The zero-order chi connectivity index (χ0) is 12.0. The number of furan rings is 1. The van der Waals surface area contributed by atoms with Crippen molar-refractivity contribution in [2.45, 2.75) is 32.9 Å². The first-order valence-electron chi connectivity index (χ1n) is 5.56. The van der Waals surface area contributed by atoms with Crippen molar-refractivity contribution in [3.05, 3.63) is 23.2 Å². The van der Waals surface area contributed by atoms with Crippen molar-refractivity contribution >= 4 is 0 Å². The Bertz CT molecular complexity index is 303. The summed E-state index contributed by atoms with van der Waals surface area (Å²) in [5.41, 5.74) is 1.16. The predicted molar refractivity (Wildman–Crippen MR) is 62.4 cm³/mol. The van der Waals surface area contributed by atoms with Crippen LogP contribution in [0.15, 0.2) is 10.5 Å². The Morgan fingerprint density at radius 3 is 2.75 bits per heavy atom.